The first-order valence-corrected chi connectivity index (χ1v) is 6.37. The smallest absolute Gasteiger partial charge is 0.101 e. The van der Waals surface area contributed by atoms with Crippen LogP contribution in [0.15, 0.2) is 18.2 Å². The maximum atomic E-state index is 9.21. The predicted octanol–water partition coefficient (Wildman–Crippen LogP) is 1.23. The van der Waals surface area contributed by atoms with E-state index in [0.29, 0.717) is 18.0 Å². The molecule has 1 unspecified atom stereocenters. The molecule has 1 saturated heterocycles. The molecule has 1 aromatic carbocycles. The van der Waals surface area contributed by atoms with E-state index in [0.717, 1.165) is 37.2 Å². The van der Waals surface area contributed by atoms with Gasteiger partial charge in [0.25, 0.3) is 0 Å². The van der Waals surface area contributed by atoms with Crippen LogP contribution in [0.4, 0.5) is 5.69 Å². The molecule has 0 amide bonds. The van der Waals surface area contributed by atoms with Crippen LogP contribution in [0, 0.1) is 17.2 Å². The minimum atomic E-state index is 0.246. The molecule has 0 bridgehead atoms. The average molecular weight is 245 g/mol. The largest absolute Gasteiger partial charge is 0.396 e. The summed E-state index contributed by atoms with van der Waals surface area (Å²) < 4.78 is 0. The second kappa shape index (κ2) is 5.85. The molecule has 4 heteroatoms. The van der Waals surface area contributed by atoms with Crippen LogP contribution in [-0.2, 0) is 6.54 Å². The van der Waals surface area contributed by atoms with E-state index in [9.17, 15) is 5.26 Å². The number of hydrogen-bond acceptors (Lipinski definition) is 4. The summed E-state index contributed by atoms with van der Waals surface area (Å²) in [6, 6.07) is 8.09. The average Bonchev–Trinajstić information content (AvgIpc) is 2.87. The zero-order chi connectivity index (χ0) is 13.0. The molecule has 0 aliphatic carbocycles. The number of nitrogens with zero attached hydrogens (tertiary/aromatic N) is 2. The minimum Gasteiger partial charge on any atom is -0.396 e. The van der Waals surface area contributed by atoms with Crippen LogP contribution in [0.25, 0.3) is 0 Å². The number of aliphatic hydroxyl groups is 1. The van der Waals surface area contributed by atoms with Crippen LogP contribution in [-0.4, -0.2) is 24.8 Å². The third kappa shape index (κ3) is 2.63. The Bertz CT molecular complexity index is 453. The van der Waals surface area contributed by atoms with Gasteiger partial charge in [-0.3, -0.25) is 0 Å². The van der Waals surface area contributed by atoms with E-state index in [1.54, 1.807) is 0 Å². The normalized spacial score (nSPS) is 18.9. The van der Waals surface area contributed by atoms with Crippen LogP contribution in [0.3, 0.4) is 0 Å². The molecule has 2 rings (SSSR count). The third-order valence-electron chi connectivity index (χ3n) is 3.58. The van der Waals surface area contributed by atoms with Gasteiger partial charge < -0.3 is 15.7 Å². The minimum absolute atomic E-state index is 0.246. The van der Waals surface area contributed by atoms with Gasteiger partial charge >= 0.3 is 0 Å². The molecule has 0 saturated carbocycles. The van der Waals surface area contributed by atoms with E-state index in [1.165, 1.54) is 0 Å². The summed E-state index contributed by atoms with van der Waals surface area (Å²) in [6.45, 7) is 2.59. The van der Waals surface area contributed by atoms with Crippen molar-refractivity contribution in [3.63, 3.8) is 0 Å². The second-order valence-corrected chi connectivity index (χ2v) is 4.78. The lowest BCUT2D eigenvalue weighted by molar-refractivity contribution is 0.263. The van der Waals surface area contributed by atoms with Gasteiger partial charge in [0, 0.05) is 26.2 Å². The molecule has 0 spiro atoms. The molecule has 3 N–H and O–H groups in total. The lowest BCUT2D eigenvalue weighted by Crippen LogP contribution is -2.21. The van der Waals surface area contributed by atoms with Crippen LogP contribution >= 0.6 is 0 Å². The monoisotopic (exact) mass is 245 g/mol. The molecular formula is C14H19N3O. The summed E-state index contributed by atoms with van der Waals surface area (Å²) in [6.07, 6.45) is 1.93. The van der Waals surface area contributed by atoms with Gasteiger partial charge in [0.2, 0.25) is 0 Å². The van der Waals surface area contributed by atoms with Gasteiger partial charge in [-0.1, -0.05) is 6.07 Å². The number of rotatable bonds is 4. The summed E-state index contributed by atoms with van der Waals surface area (Å²) in [5.41, 5.74) is 8.27. The predicted molar refractivity (Wildman–Crippen MR) is 71.1 cm³/mol. The fraction of sp³-hybridized carbons (Fsp3) is 0.500. The molecular weight excluding hydrogens is 226 g/mol. The standard InChI is InChI=1S/C14H19N3O/c15-8-12-1-2-14(13(7-12)9-16)17-5-3-11(10-17)4-6-18/h1-2,7,11,18H,3-6,8,10,15H2. The molecule has 1 aliphatic rings. The fourth-order valence-electron chi connectivity index (χ4n) is 2.55. The maximum absolute atomic E-state index is 9.21. The Hall–Kier alpha value is -1.57. The van der Waals surface area contributed by atoms with E-state index in [-0.39, 0.29) is 6.61 Å². The van der Waals surface area contributed by atoms with E-state index in [2.05, 4.69) is 11.0 Å². The Morgan fingerprint density at radius 3 is 3.00 bits per heavy atom. The molecule has 1 atom stereocenters. The first kappa shape index (κ1) is 12.9. The molecule has 1 aromatic rings. The maximum Gasteiger partial charge on any atom is 0.101 e. The highest BCUT2D eigenvalue weighted by molar-refractivity contribution is 5.61. The van der Waals surface area contributed by atoms with Crippen molar-refractivity contribution in [3.05, 3.63) is 29.3 Å². The van der Waals surface area contributed by atoms with Crippen molar-refractivity contribution in [1.29, 1.82) is 5.26 Å². The SMILES string of the molecule is N#Cc1cc(CN)ccc1N1CCC(CCO)C1. The van der Waals surface area contributed by atoms with Crippen LogP contribution in [0.2, 0.25) is 0 Å². The summed E-state index contributed by atoms with van der Waals surface area (Å²) in [4.78, 5) is 2.24. The Morgan fingerprint density at radius 2 is 2.33 bits per heavy atom. The Morgan fingerprint density at radius 1 is 1.50 bits per heavy atom. The van der Waals surface area contributed by atoms with Crippen LogP contribution < -0.4 is 10.6 Å². The number of hydrogen-bond donors (Lipinski definition) is 2. The molecule has 0 radical (unpaired) electrons. The molecule has 1 heterocycles. The van der Waals surface area contributed by atoms with Gasteiger partial charge in [-0.15, -0.1) is 0 Å². The van der Waals surface area contributed by atoms with Crippen molar-refractivity contribution >= 4 is 5.69 Å². The number of benzene rings is 1. The van der Waals surface area contributed by atoms with Crippen LogP contribution in [0.1, 0.15) is 24.0 Å². The quantitative estimate of drug-likeness (QED) is 0.836. The van der Waals surface area contributed by atoms with Gasteiger partial charge in [0.05, 0.1) is 11.3 Å². The number of nitriles is 1. The molecule has 96 valence electrons. The summed E-state index contributed by atoms with van der Waals surface area (Å²) in [7, 11) is 0. The van der Waals surface area contributed by atoms with Gasteiger partial charge in [-0.25, -0.2) is 0 Å². The molecule has 18 heavy (non-hydrogen) atoms. The fourth-order valence-corrected chi connectivity index (χ4v) is 2.55. The van der Waals surface area contributed by atoms with E-state index in [4.69, 9.17) is 10.8 Å². The van der Waals surface area contributed by atoms with Crippen molar-refractivity contribution in [2.24, 2.45) is 11.7 Å². The Kier molecular flexibility index (Phi) is 4.19. The Labute approximate surface area is 108 Å². The Balaban J connectivity index is 2.17. The zero-order valence-electron chi connectivity index (χ0n) is 10.5. The van der Waals surface area contributed by atoms with Gasteiger partial charge in [-0.2, -0.15) is 5.26 Å². The van der Waals surface area contributed by atoms with E-state index in [1.807, 2.05) is 18.2 Å². The van der Waals surface area contributed by atoms with E-state index >= 15 is 0 Å². The van der Waals surface area contributed by atoms with Crippen molar-refractivity contribution in [3.8, 4) is 6.07 Å². The second-order valence-electron chi connectivity index (χ2n) is 4.78. The summed E-state index contributed by atoms with van der Waals surface area (Å²) >= 11 is 0. The molecule has 0 aromatic heterocycles. The van der Waals surface area contributed by atoms with Gasteiger partial charge in [-0.05, 0) is 36.5 Å². The number of nitrogens with two attached hydrogens (primary N) is 1. The van der Waals surface area contributed by atoms with Gasteiger partial charge in [0.15, 0.2) is 0 Å². The topological polar surface area (TPSA) is 73.3 Å². The van der Waals surface area contributed by atoms with Gasteiger partial charge in [0.1, 0.15) is 6.07 Å². The number of aliphatic hydroxyl groups excluding tert-OH is 1. The molecule has 1 fully saturated rings. The first-order valence-electron chi connectivity index (χ1n) is 6.37. The first-order chi connectivity index (χ1) is 8.78. The number of anilines is 1. The third-order valence-corrected chi connectivity index (χ3v) is 3.58. The summed E-state index contributed by atoms with van der Waals surface area (Å²) in [5.74, 6) is 0.538. The van der Waals surface area contributed by atoms with Crippen molar-refractivity contribution in [1.82, 2.24) is 0 Å². The lowest BCUT2D eigenvalue weighted by Gasteiger charge is -2.20. The van der Waals surface area contributed by atoms with E-state index < -0.39 is 0 Å². The highest BCUT2D eigenvalue weighted by Crippen LogP contribution is 2.28. The molecule has 1 aliphatic heterocycles. The van der Waals surface area contributed by atoms with Crippen LogP contribution in [0.5, 0.6) is 0 Å². The summed E-state index contributed by atoms with van der Waals surface area (Å²) in [5, 5.41) is 18.2. The van der Waals surface area contributed by atoms with Crippen molar-refractivity contribution in [2.75, 3.05) is 24.6 Å². The highest BCUT2D eigenvalue weighted by atomic mass is 16.3. The highest BCUT2D eigenvalue weighted by Gasteiger charge is 2.23. The van der Waals surface area contributed by atoms with Crippen molar-refractivity contribution < 1.29 is 5.11 Å². The zero-order valence-corrected chi connectivity index (χ0v) is 10.5. The lowest BCUT2D eigenvalue weighted by atomic mass is 10.1. The van der Waals surface area contributed by atoms with Crippen molar-refractivity contribution in [2.45, 2.75) is 19.4 Å². The molecule has 4 nitrogen and oxygen atoms in total.